The van der Waals surface area contributed by atoms with E-state index >= 15 is 0 Å². The minimum Gasteiger partial charge on any atom is -0.396 e. The maximum atomic E-state index is 12.7. The van der Waals surface area contributed by atoms with Crippen LogP contribution < -0.4 is 5.32 Å². The first kappa shape index (κ1) is 16.0. The van der Waals surface area contributed by atoms with Crippen molar-refractivity contribution in [1.82, 2.24) is 10.2 Å². The average Bonchev–Trinajstić information content (AvgIpc) is 3.27. The van der Waals surface area contributed by atoms with E-state index in [4.69, 9.17) is 0 Å². The van der Waals surface area contributed by atoms with Gasteiger partial charge in [0.05, 0.1) is 6.61 Å². The number of nitrogens with zero attached hydrogens (tertiary/aromatic N) is 1. The molecule has 1 saturated carbocycles. The summed E-state index contributed by atoms with van der Waals surface area (Å²) in [4.78, 5) is 27.2. The number of carbonyl (C=O) groups excluding carboxylic acids is 2. The minimum absolute atomic E-state index is 0.0935. The van der Waals surface area contributed by atoms with Crippen LogP contribution in [0.1, 0.15) is 43.0 Å². The van der Waals surface area contributed by atoms with Crippen LogP contribution >= 0.6 is 0 Å². The van der Waals surface area contributed by atoms with Crippen molar-refractivity contribution in [3.63, 3.8) is 0 Å². The molecule has 0 spiro atoms. The molecule has 1 saturated heterocycles. The van der Waals surface area contributed by atoms with Crippen LogP contribution in [0.4, 0.5) is 0 Å². The molecule has 1 aliphatic carbocycles. The van der Waals surface area contributed by atoms with E-state index in [1.54, 1.807) is 17.0 Å². The summed E-state index contributed by atoms with van der Waals surface area (Å²) in [5, 5.41) is 12.3. The van der Waals surface area contributed by atoms with E-state index < -0.39 is 5.54 Å². The second kappa shape index (κ2) is 5.96. The first-order valence-corrected chi connectivity index (χ1v) is 8.27. The molecule has 0 radical (unpaired) electrons. The largest absolute Gasteiger partial charge is 0.396 e. The van der Waals surface area contributed by atoms with Crippen LogP contribution in [0.5, 0.6) is 0 Å². The summed E-state index contributed by atoms with van der Waals surface area (Å²) in [5.41, 5.74) is -0.320. The lowest BCUT2D eigenvalue weighted by Crippen LogP contribution is -2.56. The molecule has 2 fully saturated rings. The molecule has 1 heterocycles. The van der Waals surface area contributed by atoms with Crippen molar-refractivity contribution in [2.24, 2.45) is 5.41 Å². The normalized spacial score (nSPS) is 25.2. The van der Waals surface area contributed by atoms with Crippen molar-refractivity contribution in [1.29, 1.82) is 0 Å². The van der Waals surface area contributed by atoms with Gasteiger partial charge < -0.3 is 15.3 Å². The third-order valence-electron chi connectivity index (χ3n) is 5.31. The van der Waals surface area contributed by atoms with Crippen LogP contribution in [-0.4, -0.2) is 47.1 Å². The van der Waals surface area contributed by atoms with Crippen molar-refractivity contribution in [2.75, 3.05) is 19.7 Å². The van der Waals surface area contributed by atoms with Gasteiger partial charge in [0.1, 0.15) is 5.54 Å². The first-order valence-electron chi connectivity index (χ1n) is 8.27. The van der Waals surface area contributed by atoms with Crippen LogP contribution in [0, 0.1) is 5.41 Å². The molecule has 0 aromatic heterocycles. The quantitative estimate of drug-likeness (QED) is 0.866. The van der Waals surface area contributed by atoms with Crippen LogP contribution in [-0.2, 0) is 4.79 Å². The summed E-state index contributed by atoms with van der Waals surface area (Å²) in [5.74, 6) is -0.206. The monoisotopic (exact) mass is 316 g/mol. The molecule has 23 heavy (non-hydrogen) atoms. The molecule has 0 bridgehead atoms. The highest BCUT2D eigenvalue weighted by Gasteiger charge is 2.48. The number of hydrogen-bond acceptors (Lipinski definition) is 3. The lowest BCUT2D eigenvalue weighted by Gasteiger charge is -2.34. The standard InChI is InChI=1S/C18H24N2O3/c1-17(16(23)19-12-18(13-21)9-10-18)8-5-11-20(17)15(22)14-6-3-2-4-7-14/h2-4,6-7,21H,5,8-13H2,1H3,(H,19,23). The van der Waals surface area contributed by atoms with Gasteiger partial charge in [-0.3, -0.25) is 9.59 Å². The molecule has 1 aromatic carbocycles. The van der Waals surface area contributed by atoms with Crippen molar-refractivity contribution >= 4 is 11.8 Å². The van der Waals surface area contributed by atoms with Gasteiger partial charge in [-0.25, -0.2) is 0 Å². The Morgan fingerprint density at radius 2 is 1.91 bits per heavy atom. The zero-order chi connectivity index (χ0) is 16.5. The summed E-state index contributed by atoms with van der Waals surface area (Å²) in [6.45, 7) is 3.04. The van der Waals surface area contributed by atoms with E-state index in [-0.39, 0.29) is 23.8 Å². The fraction of sp³-hybridized carbons (Fsp3) is 0.556. The van der Waals surface area contributed by atoms with Gasteiger partial charge in [0.15, 0.2) is 0 Å². The Morgan fingerprint density at radius 1 is 1.22 bits per heavy atom. The van der Waals surface area contributed by atoms with E-state index in [0.717, 1.165) is 19.3 Å². The van der Waals surface area contributed by atoms with Gasteiger partial charge in [0, 0.05) is 24.1 Å². The Balaban J connectivity index is 1.71. The van der Waals surface area contributed by atoms with Crippen molar-refractivity contribution in [2.45, 2.75) is 38.1 Å². The van der Waals surface area contributed by atoms with Gasteiger partial charge in [-0.05, 0) is 44.7 Å². The predicted octanol–water partition coefficient (Wildman–Crippen LogP) is 1.57. The molecule has 2 amide bonds. The third kappa shape index (κ3) is 2.98. The third-order valence-corrected chi connectivity index (χ3v) is 5.31. The molecule has 2 aliphatic rings. The molecule has 2 N–H and O–H groups in total. The topological polar surface area (TPSA) is 69.6 Å². The SMILES string of the molecule is CC1(C(=O)NCC2(CO)CC2)CCCN1C(=O)c1ccccc1. The summed E-state index contributed by atoms with van der Waals surface area (Å²) in [6, 6.07) is 9.10. The summed E-state index contributed by atoms with van der Waals surface area (Å²) in [6.07, 6.45) is 3.40. The van der Waals surface area contributed by atoms with Crippen molar-refractivity contribution < 1.29 is 14.7 Å². The van der Waals surface area contributed by atoms with E-state index in [1.165, 1.54) is 0 Å². The predicted molar refractivity (Wildman–Crippen MR) is 86.9 cm³/mol. The lowest BCUT2D eigenvalue weighted by atomic mass is 9.96. The number of hydrogen-bond donors (Lipinski definition) is 2. The number of rotatable bonds is 5. The summed E-state index contributed by atoms with van der Waals surface area (Å²) < 4.78 is 0. The maximum Gasteiger partial charge on any atom is 0.254 e. The number of carbonyl (C=O) groups is 2. The number of aliphatic hydroxyl groups is 1. The van der Waals surface area contributed by atoms with Gasteiger partial charge in [-0.2, -0.15) is 0 Å². The smallest absolute Gasteiger partial charge is 0.254 e. The van der Waals surface area contributed by atoms with E-state index in [2.05, 4.69) is 5.32 Å². The first-order chi connectivity index (χ1) is 11.0. The zero-order valence-corrected chi connectivity index (χ0v) is 13.5. The lowest BCUT2D eigenvalue weighted by molar-refractivity contribution is -0.130. The molecule has 5 nitrogen and oxygen atoms in total. The van der Waals surface area contributed by atoms with E-state index in [9.17, 15) is 14.7 Å². The molecule has 1 aromatic rings. The summed E-state index contributed by atoms with van der Waals surface area (Å²) >= 11 is 0. The Labute approximate surface area is 136 Å². The van der Waals surface area contributed by atoms with Gasteiger partial charge in [-0.1, -0.05) is 18.2 Å². The Hall–Kier alpha value is -1.88. The minimum atomic E-state index is -0.807. The van der Waals surface area contributed by atoms with Gasteiger partial charge >= 0.3 is 0 Å². The second-order valence-electron chi connectivity index (χ2n) is 7.04. The summed E-state index contributed by atoms with van der Waals surface area (Å²) in [7, 11) is 0. The fourth-order valence-corrected chi connectivity index (χ4v) is 3.29. The van der Waals surface area contributed by atoms with Crippen molar-refractivity contribution in [3.8, 4) is 0 Å². The van der Waals surface area contributed by atoms with Gasteiger partial charge in [-0.15, -0.1) is 0 Å². The number of nitrogens with one attached hydrogen (secondary N) is 1. The average molecular weight is 316 g/mol. The van der Waals surface area contributed by atoms with Crippen LogP contribution in [0.3, 0.4) is 0 Å². The van der Waals surface area contributed by atoms with Crippen molar-refractivity contribution in [3.05, 3.63) is 35.9 Å². The highest BCUT2D eigenvalue weighted by Crippen LogP contribution is 2.44. The number of amides is 2. The highest BCUT2D eigenvalue weighted by atomic mass is 16.3. The number of likely N-dealkylation sites (tertiary alicyclic amines) is 1. The van der Waals surface area contributed by atoms with Gasteiger partial charge in [0.2, 0.25) is 5.91 Å². The molecule has 3 rings (SSSR count). The Bertz CT molecular complexity index is 598. The Kier molecular flexibility index (Phi) is 4.15. The molecule has 1 aliphatic heterocycles. The molecule has 124 valence electrons. The fourth-order valence-electron chi connectivity index (χ4n) is 3.29. The van der Waals surface area contributed by atoms with Gasteiger partial charge in [0.25, 0.3) is 5.91 Å². The van der Waals surface area contributed by atoms with Crippen LogP contribution in [0.15, 0.2) is 30.3 Å². The second-order valence-corrected chi connectivity index (χ2v) is 7.04. The zero-order valence-electron chi connectivity index (χ0n) is 13.5. The maximum absolute atomic E-state index is 12.7. The molecule has 5 heteroatoms. The molecular formula is C18H24N2O3. The van der Waals surface area contributed by atoms with Crippen LogP contribution in [0.2, 0.25) is 0 Å². The number of aliphatic hydroxyl groups excluding tert-OH is 1. The Morgan fingerprint density at radius 3 is 2.52 bits per heavy atom. The molecule has 1 unspecified atom stereocenters. The number of benzene rings is 1. The van der Waals surface area contributed by atoms with Crippen LogP contribution in [0.25, 0.3) is 0 Å². The highest BCUT2D eigenvalue weighted by molar-refractivity contribution is 5.99. The molecular weight excluding hydrogens is 292 g/mol. The van der Waals surface area contributed by atoms with E-state index in [1.807, 2.05) is 25.1 Å². The molecule has 1 atom stereocenters. The van der Waals surface area contributed by atoms with E-state index in [0.29, 0.717) is 25.1 Å².